The highest BCUT2D eigenvalue weighted by molar-refractivity contribution is 14.1. The lowest BCUT2D eigenvalue weighted by Crippen LogP contribution is -2.17. The highest BCUT2D eigenvalue weighted by Gasteiger charge is 2.28. The fourth-order valence-electron chi connectivity index (χ4n) is 2.13. The first-order chi connectivity index (χ1) is 10.6. The van der Waals surface area contributed by atoms with E-state index >= 15 is 0 Å². The number of halogens is 1. The number of ether oxygens (including phenoxy) is 2. The number of hydrogen-bond donors (Lipinski definition) is 0. The van der Waals surface area contributed by atoms with Crippen LogP contribution in [0.3, 0.4) is 0 Å². The van der Waals surface area contributed by atoms with Crippen LogP contribution in [0.25, 0.3) is 10.4 Å². The van der Waals surface area contributed by atoms with E-state index in [0.717, 1.165) is 22.6 Å². The van der Waals surface area contributed by atoms with E-state index in [2.05, 4.69) is 32.6 Å². The van der Waals surface area contributed by atoms with Crippen molar-refractivity contribution in [2.24, 2.45) is 5.11 Å². The molecule has 6 heteroatoms. The van der Waals surface area contributed by atoms with Crippen LogP contribution in [0.1, 0.15) is 11.1 Å². The van der Waals surface area contributed by atoms with Gasteiger partial charge in [-0.05, 0) is 47.3 Å². The van der Waals surface area contributed by atoms with Gasteiger partial charge in [-0.2, -0.15) is 0 Å². The molecule has 2 rings (SSSR count). The van der Waals surface area contributed by atoms with E-state index < -0.39 is 3.55 Å². The SMILES string of the molecule is COc1ccc(CC(I)(N=[N+]=[N-])c2ccc(OC)cc2)cc1. The number of methoxy groups -OCH3 is 2. The molecule has 0 radical (unpaired) electrons. The summed E-state index contributed by atoms with van der Waals surface area (Å²) in [7, 11) is 3.26. The zero-order chi connectivity index (χ0) is 16.0. The Labute approximate surface area is 143 Å². The van der Waals surface area contributed by atoms with E-state index in [1.54, 1.807) is 14.2 Å². The Kier molecular flexibility index (Phi) is 5.51. The molecule has 0 spiro atoms. The molecule has 0 aliphatic heterocycles. The molecule has 22 heavy (non-hydrogen) atoms. The van der Waals surface area contributed by atoms with Gasteiger partial charge in [-0.25, -0.2) is 0 Å². The van der Waals surface area contributed by atoms with E-state index in [1.165, 1.54) is 0 Å². The van der Waals surface area contributed by atoms with Crippen LogP contribution in [-0.4, -0.2) is 14.2 Å². The highest BCUT2D eigenvalue weighted by atomic mass is 127. The van der Waals surface area contributed by atoms with Crippen LogP contribution < -0.4 is 9.47 Å². The summed E-state index contributed by atoms with van der Waals surface area (Å²) in [4.78, 5) is 3.02. The molecule has 114 valence electrons. The molecule has 1 unspecified atom stereocenters. The molecule has 1 atom stereocenters. The van der Waals surface area contributed by atoms with Crippen LogP contribution in [0.4, 0.5) is 0 Å². The first-order valence-electron chi connectivity index (χ1n) is 6.64. The van der Waals surface area contributed by atoms with E-state index in [9.17, 15) is 0 Å². The number of benzene rings is 2. The van der Waals surface area contributed by atoms with Gasteiger partial charge in [-0.15, -0.1) is 0 Å². The Morgan fingerprint density at radius 2 is 1.50 bits per heavy atom. The maximum Gasteiger partial charge on any atom is 0.129 e. The molecule has 2 aromatic carbocycles. The van der Waals surface area contributed by atoms with Gasteiger partial charge >= 0.3 is 0 Å². The quantitative estimate of drug-likeness (QED) is 0.171. The summed E-state index contributed by atoms with van der Waals surface area (Å²) in [6.45, 7) is 0. The summed E-state index contributed by atoms with van der Waals surface area (Å²) in [6.07, 6.45) is 0.591. The van der Waals surface area contributed by atoms with Gasteiger partial charge in [0.05, 0.1) is 14.2 Å². The topological polar surface area (TPSA) is 67.2 Å². The molecule has 0 aromatic heterocycles. The summed E-state index contributed by atoms with van der Waals surface area (Å²) >= 11 is 2.19. The summed E-state index contributed by atoms with van der Waals surface area (Å²) in [5.41, 5.74) is 10.9. The Balaban J connectivity index is 2.31. The van der Waals surface area contributed by atoms with Gasteiger partial charge < -0.3 is 9.47 Å². The lowest BCUT2D eigenvalue weighted by atomic mass is 9.99. The molecule has 0 heterocycles. The maximum atomic E-state index is 8.93. The van der Waals surface area contributed by atoms with Crippen molar-refractivity contribution in [2.75, 3.05) is 14.2 Å². The van der Waals surface area contributed by atoms with Crippen molar-refractivity contribution in [2.45, 2.75) is 9.97 Å². The molecule has 0 amide bonds. The normalized spacial score (nSPS) is 12.9. The predicted octanol–water partition coefficient (Wildman–Crippen LogP) is 4.84. The van der Waals surface area contributed by atoms with Crippen LogP contribution in [-0.2, 0) is 9.97 Å². The molecule has 0 aliphatic carbocycles. The number of hydrogen-bond acceptors (Lipinski definition) is 3. The second kappa shape index (κ2) is 7.38. The van der Waals surface area contributed by atoms with Crippen LogP contribution in [0, 0.1) is 0 Å². The van der Waals surface area contributed by atoms with Crippen molar-refractivity contribution >= 4 is 22.6 Å². The van der Waals surface area contributed by atoms with Gasteiger partial charge in [-0.1, -0.05) is 52.0 Å². The Morgan fingerprint density at radius 1 is 1.00 bits per heavy atom. The van der Waals surface area contributed by atoms with Crippen LogP contribution in [0.5, 0.6) is 11.5 Å². The predicted molar refractivity (Wildman–Crippen MR) is 94.5 cm³/mol. The van der Waals surface area contributed by atoms with E-state index in [1.807, 2.05) is 48.5 Å². The summed E-state index contributed by atoms with van der Waals surface area (Å²) in [5.74, 6) is 1.57. The van der Waals surface area contributed by atoms with Gasteiger partial charge in [0, 0.05) is 4.91 Å². The lowest BCUT2D eigenvalue weighted by Gasteiger charge is -2.23. The van der Waals surface area contributed by atoms with Crippen molar-refractivity contribution < 1.29 is 9.47 Å². The Hall–Kier alpha value is -1.92. The minimum Gasteiger partial charge on any atom is -0.497 e. The van der Waals surface area contributed by atoms with Gasteiger partial charge in [0.15, 0.2) is 0 Å². The number of nitrogens with zero attached hydrogens (tertiary/aromatic N) is 3. The van der Waals surface area contributed by atoms with Crippen molar-refractivity contribution in [3.05, 3.63) is 70.1 Å². The lowest BCUT2D eigenvalue weighted by molar-refractivity contribution is 0.414. The van der Waals surface area contributed by atoms with Gasteiger partial charge in [0.2, 0.25) is 0 Å². The van der Waals surface area contributed by atoms with Gasteiger partial charge in [-0.3, -0.25) is 0 Å². The molecular formula is C16H16IN3O2. The number of azide groups is 1. The van der Waals surface area contributed by atoms with Crippen LogP contribution in [0.2, 0.25) is 0 Å². The first-order valence-corrected chi connectivity index (χ1v) is 7.72. The molecule has 5 nitrogen and oxygen atoms in total. The standard InChI is InChI=1S/C16H16IN3O2/c1-21-14-7-3-12(4-8-14)11-16(17,19-20-18)13-5-9-15(22-2)10-6-13/h3-10H,11H2,1-2H3. The molecule has 2 aromatic rings. The molecule has 0 bridgehead atoms. The zero-order valence-corrected chi connectivity index (χ0v) is 14.5. The van der Waals surface area contributed by atoms with Crippen molar-refractivity contribution in [3.8, 4) is 11.5 Å². The van der Waals surface area contributed by atoms with Crippen molar-refractivity contribution in [1.82, 2.24) is 0 Å². The molecule has 0 saturated carbocycles. The molecule has 0 fully saturated rings. The number of rotatable bonds is 6. The summed E-state index contributed by atoms with van der Waals surface area (Å²) in [6, 6.07) is 15.3. The largest absolute Gasteiger partial charge is 0.497 e. The molecule has 0 aliphatic rings. The molecule has 0 N–H and O–H groups in total. The van der Waals surface area contributed by atoms with E-state index in [0.29, 0.717) is 6.42 Å². The summed E-state index contributed by atoms with van der Waals surface area (Å²) < 4.78 is 9.64. The monoisotopic (exact) mass is 409 g/mol. The van der Waals surface area contributed by atoms with Gasteiger partial charge in [0.25, 0.3) is 0 Å². The smallest absolute Gasteiger partial charge is 0.129 e. The van der Waals surface area contributed by atoms with Gasteiger partial charge in [0.1, 0.15) is 15.0 Å². The second-order valence-electron chi connectivity index (χ2n) is 4.70. The molecular weight excluding hydrogens is 393 g/mol. The minimum absolute atomic E-state index is 0.591. The first kappa shape index (κ1) is 16.5. The van der Waals surface area contributed by atoms with Crippen LogP contribution >= 0.6 is 22.6 Å². The highest BCUT2D eigenvalue weighted by Crippen LogP contribution is 2.38. The Bertz CT molecular complexity index is 667. The van der Waals surface area contributed by atoms with Crippen LogP contribution in [0.15, 0.2) is 53.6 Å². The Morgan fingerprint density at radius 3 is 1.95 bits per heavy atom. The number of alkyl halides is 1. The summed E-state index contributed by atoms with van der Waals surface area (Å²) in [5, 5.41) is 4.01. The third-order valence-electron chi connectivity index (χ3n) is 3.33. The van der Waals surface area contributed by atoms with E-state index in [-0.39, 0.29) is 0 Å². The average Bonchev–Trinajstić information content (AvgIpc) is 2.56. The minimum atomic E-state index is -0.687. The maximum absolute atomic E-state index is 8.93. The third kappa shape index (κ3) is 3.84. The molecule has 0 saturated heterocycles. The zero-order valence-electron chi connectivity index (χ0n) is 12.4. The van der Waals surface area contributed by atoms with Crippen molar-refractivity contribution in [3.63, 3.8) is 0 Å². The average molecular weight is 409 g/mol. The van der Waals surface area contributed by atoms with E-state index in [4.69, 9.17) is 15.0 Å². The fraction of sp³-hybridized carbons (Fsp3) is 0.250. The fourth-order valence-corrected chi connectivity index (χ4v) is 3.02. The second-order valence-corrected chi connectivity index (χ2v) is 6.49. The third-order valence-corrected chi connectivity index (χ3v) is 4.55. The van der Waals surface area contributed by atoms with Crippen molar-refractivity contribution in [1.29, 1.82) is 0 Å².